The maximum Gasteiger partial charge on any atom is 0.337 e. The first-order valence-corrected chi connectivity index (χ1v) is 11.2. The molecule has 1 aliphatic carbocycles. The summed E-state index contributed by atoms with van der Waals surface area (Å²) in [4.78, 5) is 13.6. The molecule has 0 spiro atoms. The van der Waals surface area contributed by atoms with Gasteiger partial charge in [-0.1, -0.05) is 31.4 Å². The van der Waals surface area contributed by atoms with Crippen LogP contribution in [0.2, 0.25) is 0 Å². The SMILES string of the molecule is Cc1cc(N(C)c2ccc(C3CCCCC3)cc2)ccc1Nc1ccc(F)cc1C(=O)O. The van der Waals surface area contributed by atoms with Crippen molar-refractivity contribution in [2.45, 2.75) is 44.9 Å². The quantitative estimate of drug-likeness (QED) is 0.426. The third-order valence-electron chi connectivity index (χ3n) is 6.44. The predicted molar refractivity (Wildman–Crippen MR) is 128 cm³/mol. The molecule has 3 aromatic rings. The fraction of sp³-hybridized carbons (Fsp3) is 0.296. The van der Waals surface area contributed by atoms with Gasteiger partial charge in [0.1, 0.15) is 5.82 Å². The zero-order chi connectivity index (χ0) is 22.7. The molecule has 0 bridgehead atoms. The maximum atomic E-state index is 13.5. The molecule has 0 heterocycles. The number of aryl methyl sites for hydroxylation is 1. The first-order valence-electron chi connectivity index (χ1n) is 11.2. The highest BCUT2D eigenvalue weighted by Gasteiger charge is 2.16. The number of carbonyl (C=O) groups is 1. The zero-order valence-electron chi connectivity index (χ0n) is 18.6. The molecule has 1 aliphatic rings. The average Bonchev–Trinajstić information content (AvgIpc) is 2.81. The summed E-state index contributed by atoms with van der Waals surface area (Å²) in [6.07, 6.45) is 6.61. The van der Waals surface area contributed by atoms with Gasteiger partial charge in [-0.3, -0.25) is 0 Å². The van der Waals surface area contributed by atoms with E-state index in [2.05, 4.69) is 40.5 Å². The van der Waals surface area contributed by atoms with Crippen molar-refractivity contribution in [1.29, 1.82) is 0 Å². The Morgan fingerprint density at radius 3 is 2.25 bits per heavy atom. The van der Waals surface area contributed by atoms with Gasteiger partial charge in [0, 0.05) is 24.1 Å². The summed E-state index contributed by atoms with van der Waals surface area (Å²) in [5, 5.41) is 12.5. The van der Waals surface area contributed by atoms with E-state index >= 15 is 0 Å². The number of nitrogens with zero attached hydrogens (tertiary/aromatic N) is 1. The molecular formula is C27H29FN2O2. The van der Waals surface area contributed by atoms with E-state index < -0.39 is 11.8 Å². The van der Waals surface area contributed by atoms with Crippen LogP contribution in [0.25, 0.3) is 0 Å². The minimum absolute atomic E-state index is 0.0938. The summed E-state index contributed by atoms with van der Waals surface area (Å²) < 4.78 is 13.5. The number of nitrogens with one attached hydrogen (secondary N) is 1. The number of aromatic carboxylic acids is 1. The van der Waals surface area contributed by atoms with Gasteiger partial charge < -0.3 is 15.3 Å². The standard InChI is InChI=1S/C27H29FN2O2/c1-18-16-23(13-15-25(18)29-26-14-10-21(28)17-24(26)27(31)32)30(2)22-11-8-20(9-12-22)19-6-4-3-5-7-19/h8-17,19,29H,3-7H2,1-2H3,(H,31,32). The lowest BCUT2D eigenvalue weighted by Gasteiger charge is -2.24. The Morgan fingerprint density at radius 1 is 0.938 bits per heavy atom. The van der Waals surface area contributed by atoms with Gasteiger partial charge in [0.25, 0.3) is 0 Å². The average molecular weight is 433 g/mol. The van der Waals surface area contributed by atoms with Crippen LogP contribution in [0.15, 0.2) is 60.7 Å². The van der Waals surface area contributed by atoms with Gasteiger partial charge in [-0.2, -0.15) is 0 Å². The topological polar surface area (TPSA) is 52.6 Å². The molecule has 4 rings (SSSR count). The lowest BCUT2D eigenvalue weighted by Crippen LogP contribution is -2.11. The Hall–Kier alpha value is -3.34. The minimum atomic E-state index is -1.17. The van der Waals surface area contributed by atoms with E-state index in [4.69, 9.17) is 0 Å². The van der Waals surface area contributed by atoms with Crippen molar-refractivity contribution in [3.05, 3.63) is 83.2 Å². The molecule has 0 saturated heterocycles. The summed E-state index contributed by atoms with van der Waals surface area (Å²) >= 11 is 0. The van der Waals surface area contributed by atoms with Crippen molar-refractivity contribution >= 4 is 28.7 Å². The number of carboxylic acid groups (broad SMARTS) is 1. The van der Waals surface area contributed by atoms with Gasteiger partial charge in [0.15, 0.2) is 0 Å². The van der Waals surface area contributed by atoms with E-state index in [1.165, 1.54) is 49.8 Å². The molecule has 5 heteroatoms. The maximum absolute atomic E-state index is 13.5. The second-order valence-corrected chi connectivity index (χ2v) is 8.60. The molecule has 32 heavy (non-hydrogen) atoms. The molecule has 1 saturated carbocycles. The van der Waals surface area contributed by atoms with Crippen LogP contribution in [0.1, 0.15) is 59.5 Å². The van der Waals surface area contributed by atoms with E-state index in [1.54, 1.807) is 0 Å². The molecule has 1 fully saturated rings. The summed E-state index contributed by atoms with van der Waals surface area (Å²) in [7, 11) is 2.04. The van der Waals surface area contributed by atoms with Crippen LogP contribution in [0.5, 0.6) is 0 Å². The molecule has 0 unspecified atom stereocenters. The molecule has 0 atom stereocenters. The van der Waals surface area contributed by atoms with Gasteiger partial charge in [0.05, 0.1) is 11.3 Å². The van der Waals surface area contributed by atoms with Crippen molar-refractivity contribution in [1.82, 2.24) is 0 Å². The highest BCUT2D eigenvalue weighted by Crippen LogP contribution is 2.35. The number of hydrogen-bond acceptors (Lipinski definition) is 3. The van der Waals surface area contributed by atoms with Crippen LogP contribution in [0.4, 0.5) is 27.1 Å². The molecule has 0 radical (unpaired) electrons. The van der Waals surface area contributed by atoms with Crippen LogP contribution in [0, 0.1) is 12.7 Å². The van der Waals surface area contributed by atoms with Crippen LogP contribution in [-0.4, -0.2) is 18.1 Å². The number of halogens is 1. The van der Waals surface area contributed by atoms with Crippen molar-refractivity contribution in [3.63, 3.8) is 0 Å². The van der Waals surface area contributed by atoms with Crippen molar-refractivity contribution in [2.24, 2.45) is 0 Å². The van der Waals surface area contributed by atoms with Crippen LogP contribution in [0.3, 0.4) is 0 Å². The number of hydrogen-bond donors (Lipinski definition) is 2. The lowest BCUT2D eigenvalue weighted by atomic mass is 9.84. The van der Waals surface area contributed by atoms with E-state index in [9.17, 15) is 14.3 Å². The smallest absolute Gasteiger partial charge is 0.337 e. The largest absolute Gasteiger partial charge is 0.478 e. The second kappa shape index (κ2) is 9.43. The second-order valence-electron chi connectivity index (χ2n) is 8.60. The Kier molecular flexibility index (Phi) is 6.45. The predicted octanol–water partition coefficient (Wildman–Crippen LogP) is 7.39. The fourth-order valence-corrected chi connectivity index (χ4v) is 4.50. The van der Waals surface area contributed by atoms with E-state index in [1.807, 2.05) is 26.1 Å². The van der Waals surface area contributed by atoms with Crippen LogP contribution in [-0.2, 0) is 0 Å². The molecule has 0 amide bonds. The van der Waals surface area contributed by atoms with E-state index in [0.717, 1.165) is 28.7 Å². The Labute approximate surface area is 188 Å². The Bertz CT molecular complexity index is 1110. The molecule has 4 nitrogen and oxygen atoms in total. The van der Waals surface area contributed by atoms with Crippen molar-refractivity contribution in [3.8, 4) is 0 Å². The molecular weight excluding hydrogens is 403 g/mol. The summed E-state index contributed by atoms with van der Waals surface area (Å²) in [6.45, 7) is 1.97. The lowest BCUT2D eigenvalue weighted by molar-refractivity contribution is 0.0697. The van der Waals surface area contributed by atoms with Crippen LogP contribution < -0.4 is 10.2 Å². The van der Waals surface area contributed by atoms with Gasteiger partial charge in [-0.15, -0.1) is 0 Å². The normalized spacial score (nSPS) is 14.2. The Balaban J connectivity index is 1.51. The van der Waals surface area contributed by atoms with Crippen molar-refractivity contribution < 1.29 is 14.3 Å². The van der Waals surface area contributed by atoms with Gasteiger partial charge in [0.2, 0.25) is 0 Å². The highest BCUT2D eigenvalue weighted by molar-refractivity contribution is 5.95. The molecule has 0 aromatic heterocycles. The van der Waals surface area contributed by atoms with Crippen LogP contribution >= 0.6 is 0 Å². The van der Waals surface area contributed by atoms with E-state index in [0.29, 0.717) is 11.6 Å². The molecule has 2 N–H and O–H groups in total. The van der Waals surface area contributed by atoms with Gasteiger partial charge >= 0.3 is 5.97 Å². The minimum Gasteiger partial charge on any atom is -0.478 e. The number of benzene rings is 3. The number of carboxylic acids is 1. The monoisotopic (exact) mass is 432 g/mol. The zero-order valence-corrected chi connectivity index (χ0v) is 18.6. The highest BCUT2D eigenvalue weighted by atomic mass is 19.1. The Morgan fingerprint density at radius 2 is 1.59 bits per heavy atom. The van der Waals surface area contributed by atoms with Gasteiger partial charge in [-0.05, 0) is 85.3 Å². The third kappa shape index (κ3) is 4.77. The first kappa shape index (κ1) is 21.9. The molecule has 3 aromatic carbocycles. The third-order valence-corrected chi connectivity index (χ3v) is 6.44. The molecule has 0 aliphatic heterocycles. The molecule has 166 valence electrons. The number of rotatable bonds is 6. The van der Waals surface area contributed by atoms with Gasteiger partial charge in [-0.25, -0.2) is 9.18 Å². The first-order chi connectivity index (χ1) is 15.4. The van der Waals surface area contributed by atoms with Crippen molar-refractivity contribution in [2.75, 3.05) is 17.3 Å². The summed E-state index contributed by atoms with van der Waals surface area (Å²) in [5.74, 6) is -1.05. The van der Waals surface area contributed by atoms with E-state index in [-0.39, 0.29) is 5.56 Å². The number of anilines is 4. The summed E-state index contributed by atoms with van der Waals surface area (Å²) in [5.41, 5.74) is 5.61. The summed E-state index contributed by atoms with van der Waals surface area (Å²) in [6, 6.07) is 18.6. The fourth-order valence-electron chi connectivity index (χ4n) is 4.50.